The number of likely N-dealkylation sites (N-methyl/N-ethyl adjacent to an activating group) is 1. The number of rotatable bonds is 6. The van der Waals surface area contributed by atoms with E-state index in [1.165, 1.54) is 17.0 Å². The number of H-pyrrole nitrogens is 1. The number of pyridine rings is 1. The lowest BCUT2D eigenvalue weighted by molar-refractivity contribution is -0.138. The van der Waals surface area contributed by atoms with Gasteiger partial charge < -0.3 is 24.8 Å². The third-order valence-corrected chi connectivity index (χ3v) is 7.80. The molecule has 43 heavy (non-hydrogen) atoms. The van der Waals surface area contributed by atoms with E-state index >= 15 is 4.39 Å². The van der Waals surface area contributed by atoms with E-state index in [2.05, 4.69) is 15.2 Å². The molecule has 0 spiro atoms. The maximum absolute atomic E-state index is 15.8. The van der Waals surface area contributed by atoms with E-state index in [4.69, 9.17) is 4.74 Å². The molecule has 2 aromatic rings. The van der Waals surface area contributed by atoms with E-state index < -0.39 is 40.7 Å². The largest absolute Gasteiger partial charge is 0.449 e. The zero-order chi connectivity index (χ0) is 31.6. The fourth-order valence-corrected chi connectivity index (χ4v) is 5.28. The average Bonchev–Trinajstić information content (AvgIpc) is 2.94. The van der Waals surface area contributed by atoms with Crippen LogP contribution in [0, 0.1) is 11.7 Å². The highest BCUT2D eigenvalue weighted by Crippen LogP contribution is 2.37. The van der Waals surface area contributed by atoms with Gasteiger partial charge in [-0.05, 0) is 50.9 Å². The Kier molecular flexibility index (Phi) is 9.53. The van der Waals surface area contributed by atoms with Crippen molar-refractivity contribution >= 4 is 28.9 Å². The number of piperazine rings is 1. The number of ether oxygens (including phenoxy) is 1. The summed E-state index contributed by atoms with van der Waals surface area (Å²) in [5, 5.41) is 2.56. The summed E-state index contributed by atoms with van der Waals surface area (Å²) in [6, 6.07) is 3.12. The van der Waals surface area contributed by atoms with Crippen molar-refractivity contribution in [2.75, 3.05) is 50.1 Å². The number of hydrogen-bond donors (Lipinski definition) is 2. The molecule has 234 valence electrons. The highest BCUT2D eigenvalue weighted by molar-refractivity contribution is 6.07. The maximum atomic E-state index is 15.8. The van der Waals surface area contributed by atoms with Gasteiger partial charge in [-0.15, -0.1) is 0 Å². The van der Waals surface area contributed by atoms with Crippen LogP contribution in [0.25, 0.3) is 5.57 Å². The van der Waals surface area contributed by atoms with Crippen LogP contribution >= 0.6 is 0 Å². The minimum atomic E-state index is -4.96. The fraction of sp³-hybridized carbons (Fsp3) is 0.500. The van der Waals surface area contributed by atoms with Crippen LogP contribution in [0.3, 0.4) is 0 Å². The standard InChI is InChI=1S/C30H37F4N5O4/c1-17(2)16-43-29(42)38-8-6-7-20(15-38)21-9-25(26(11-24(21)31)39-13-18(3)37(5)19(4)14-39)36-28(41)22-12-35-27(40)10-23(22)30(32,33)34/h7,9-12,17-19H,6,8,13-16H2,1-5H3,(H,35,40)(H,36,41). The van der Waals surface area contributed by atoms with Crippen LogP contribution in [0.1, 0.15) is 55.6 Å². The molecule has 9 nitrogen and oxygen atoms in total. The summed E-state index contributed by atoms with van der Waals surface area (Å²) in [5.41, 5.74) is -2.17. The van der Waals surface area contributed by atoms with Gasteiger partial charge in [-0.25, -0.2) is 9.18 Å². The fourth-order valence-electron chi connectivity index (χ4n) is 5.28. The summed E-state index contributed by atoms with van der Waals surface area (Å²) < 4.78 is 62.4. The van der Waals surface area contributed by atoms with Crippen LogP contribution < -0.4 is 15.8 Å². The van der Waals surface area contributed by atoms with Gasteiger partial charge in [0, 0.05) is 56.1 Å². The molecule has 1 fully saturated rings. The Morgan fingerprint density at radius 1 is 1.14 bits per heavy atom. The number of hydrogen-bond acceptors (Lipinski definition) is 6. The number of alkyl halides is 3. The molecule has 0 radical (unpaired) electrons. The van der Waals surface area contributed by atoms with Crippen LogP contribution in [-0.2, 0) is 10.9 Å². The summed E-state index contributed by atoms with van der Waals surface area (Å²) in [6.45, 7) is 9.46. The molecule has 0 bridgehead atoms. The molecule has 1 saturated heterocycles. The van der Waals surface area contributed by atoms with E-state index in [0.717, 1.165) is 6.20 Å². The minimum Gasteiger partial charge on any atom is -0.449 e. The smallest absolute Gasteiger partial charge is 0.417 e. The lowest BCUT2D eigenvalue weighted by Crippen LogP contribution is -2.55. The van der Waals surface area contributed by atoms with Crippen LogP contribution in [0.5, 0.6) is 0 Å². The van der Waals surface area contributed by atoms with E-state index in [1.807, 2.05) is 39.6 Å². The molecule has 0 aliphatic carbocycles. The van der Waals surface area contributed by atoms with Crippen molar-refractivity contribution in [3.05, 3.63) is 63.3 Å². The molecule has 2 atom stereocenters. The van der Waals surface area contributed by atoms with Gasteiger partial charge in [0.15, 0.2) is 0 Å². The van der Waals surface area contributed by atoms with Gasteiger partial charge in [-0.1, -0.05) is 19.9 Å². The first kappa shape index (κ1) is 32.1. The lowest BCUT2D eigenvalue weighted by atomic mass is 9.98. The molecule has 2 aliphatic heterocycles. The Morgan fingerprint density at radius 3 is 2.44 bits per heavy atom. The molecule has 2 N–H and O–H groups in total. The first-order chi connectivity index (χ1) is 20.1. The first-order valence-corrected chi connectivity index (χ1v) is 14.2. The van der Waals surface area contributed by atoms with Gasteiger partial charge in [0.2, 0.25) is 5.56 Å². The SMILES string of the molecule is CC(C)COC(=O)N1CCC=C(c2cc(NC(=O)c3c[nH]c(=O)cc3C(F)(F)F)c(N3CC(C)N(C)C(C)C3)cc2F)C1. The minimum absolute atomic E-state index is 0.0568. The number of carbonyl (C=O) groups excluding carboxylic acids is 2. The normalized spacial score (nSPS) is 19.8. The van der Waals surface area contributed by atoms with E-state index in [1.54, 1.807) is 6.08 Å². The summed E-state index contributed by atoms with van der Waals surface area (Å²) in [7, 11) is 1.97. The number of amides is 2. The second-order valence-electron chi connectivity index (χ2n) is 11.6. The monoisotopic (exact) mass is 607 g/mol. The van der Waals surface area contributed by atoms with Gasteiger partial charge in [-0.2, -0.15) is 13.2 Å². The molecule has 13 heteroatoms. The number of aromatic nitrogens is 1. The number of benzene rings is 1. The molecular formula is C30H37F4N5O4. The molecule has 2 unspecified atom stereocenters. The number of carbonyl (C=O) groups is 2. The average molecular weight is 608 g/mol. The van der Waals surface area contributed by atoms with Crippen molar-refractivity contribution in [1.82, 2.24) is 14.8 Å². The van der Waals surface area contributed by atoms with E-state index in [-0.39, 0.29) is 42.4 Å². The Bertz CT molecular complexity index is 1440. The van der Waals surface area contributed by atoms with Crippen molar-refractivity contribution in [2.45, 2.75) is 52.4 Å². The predicted octanol–water partition coefficient (Wildman–Crippen LogP) is 5.20. The summed E-state index contributed by atoms with van der Waals surface area (Å²) in [5.74, 6) is -1.58. The van der Waals surface area contributed by atoms with Crippen LogP contribution in [0.4, 0.5) is 33.7 Å². The molecule has 0 saturated carbocycles. The van der Waals surface area contributed by atoms with Crippen LogP contribution in [0.15, 0.2) is 35.3 Å². The Morgan fingerprint density at radius 2 is 1.81 bits per heavy atom. The number of aromatic amines is 1. The van der Waals surface area contributed by atoms with Gasteiger partial charge in [-0.3, -0.25) is 14.5 Å². The Hall–Kier alpha value is -3.87. The van der Waals surface area contributed by atoms with Gasteiger partial charge in [0.1, 0.15) is 5.82 Å². The van der Waals surface area contributed by atoms with Crippen molar-refractivity contribution in [2.24, 2.45) is 5.92 Å². The number of nitrogens with zero attached hydrogens (tertiary/aromatic N) is 3. The van der Waals surface area contributed by atoms with Gasteiger partial charge in [0.05, 0.1) is 29.1 Å². The second kappa shape index (κ2) is 12.8. The van der Waals surface area contributed by atoms with Gasteiger partial charge >= 0.3 is 12.3 Å². The first-order valence-electron chi connectivity index (χ1n) is 14.2. The van der Waals surface area contributed by atoms with Crippen LogP contribution in [0.2, 0.25) is 0 Å². The molecule has 3 heterocycles. The third kappa shape index (κ3) is 7.38. The molecule has 1 aromatic carbocycles. The molecule has 2 amide bonds. The Balaban J connectivity index is 1.73. The molecule has 1 aromatic heterocycles. The van der Waals surface area contributed by atoms with Crippen molar-refractivity contribution in [3.63, 3.8) is 0 Å². The van der Waals surface area contributed by atoms with Crippen molar-refractivity contribution < 1.29 is 31.9 Å². The van der Waals surface area contributed by atoms with Crippen LogP contribution in [-0.4, -0.2) is 78.7 Å². The summed E-state index contributed by atoms with van der Waals surface area (Å²) in [4.78, 5) is 45.2. The quantitative estimate of drug-likeness (QED) is 0.439. The molecule has 2 aliphatic rings. The topological polar surface area (TPSA) is 98.0 Å². The number of halogens is 4. The molecular weight excluding hydrogens is 570 g/mol. The zero-order valence-electron chi connectivity index (χ0n) is 24.8. The third-order valence-electron chi connectivity index (χ3n) is 7.80. The molecule has 4 rings (SSSR count). The van der Waals surface area contributed by atoms with E-state index in [9.17, 15) is 27.6 Å². The number of anilines is 2. The van der Waals surface area contributed by atoms with Gasteiger partial charge in [0.25, 0.3) is 5.91 Å². The van der Waals surface area contributed by atoms with Crippen molar-refractivity contribution in [3.8, 4) is 0 Å². The van der Waals surface area contributed by atoms with E-state index in [0.29, 0.717) is 43.4 Å². The zero-order valence-corrected chi connectivity index (χ0v) is 24.8. The Labute approximate surface area is 247 Å². The summed E-state index contributed by atoms with van der Waals surface area (Å²) >= 11 is 0. The highest BCUT2D eigenvalue weighted by atomic mass is 19.4. The maximum Gasteiger partial charge on any atom is 0.417 e. The lowest BCUT2D eigenvalue weighted by Gasteiger charge is -2.44. The number of nitrogens with one attached hydrogen (secondary N) is 2. The highest BCUT2D eigenvalue weighted by Gasteiger charge is 2.36. The van der Waals surface area contributed by atoms with Crippen molar-refractivity contribution in [1.29, 1.82) is 0 Å². The summed E-state index contributed by atoms with van der Waals surface area (Å²) in [6.07, 6.45) is -2.53. The predicted molar refractivity (Wildman–Crippen MR) is 156 cm³/mol. The second-order valence-corrected chi connectivity index (χ2v) is 11.6.